The van der Waals surface area contributed by atoms with Crippen molar-refractivity contribution in [3.8, 4) is 5.75 Å². The van der Waals surface area contributed by atoms with Gasteiger partial charge < -0.3 is 21.3 Å². The monoisotopic (exact) mass is 1180 g/mol. The van der Waals surface area contributed by atoms with E-state index in [1.807, 2.05) is 26.0 Å². The average molecular weight is 1180 g/mol. The van der Waals surface area contributed by atoms with E-state index in [0.29, 0.717) is 17.5 Å². The molecule has 1 unspecified atom stereocenters. The van der Waals surface area contributed by atoms with Crippen LogP contribution in [0.3, 0.4) is 0 Å². The summed E-state index contributed by atoms with van der Waals surface area (Å²) in [6.07, 6.45) is 16.9. The van der Waals surface area contributed by atoms with Crippen molar-refractivity contribution in [2.24, 2.45) is 70.8 Å². The van der Waals surface area contributed by atoms with Crippen LogP contribution in [0.4, 0.5) is 0 Å². The van der Waals surface area contributed by atoms with E-state index in [2.05, 4.69) is 264 Å². The van der Waals surface area contributed by atoms with Gasteiger partial charge in [-0.05, 0) is 158 Å². The largest absolute Gasteiger partial charge is 0.508 e. The highest BCUT2D eigenvalue weighted by Gasteiger charge is 2.03. The molecule has 0 spiro atoms. The van der Waals surface area contributed by atoms with E-state index >= 15 is 0 Å². The van der Waals surface area contributed by atoms with Crippen molar-refractivity contribution in [2.45, 2.75) is 277 Å². The third-order valence-corrected chi connectivity index (χ3v) is 12.6. The predicted octanol–water partition coefficient (Wildman–Crippen LogP) is 24.4. The molecule has 0 aliphatic rings. The molecule has 5 heteroatoms. The van der Waals surface area contributed by atoms with Crippen LogP contribution in [0, 0.1) is 78.9 Å². The van der Waals surface area contributed by atoms with Gasteiger partial charge in [0.25, 0.3) is 0 Å². The Bertz CT molecular complexity index is 1830. The molecule has 4 rings (SSSR count). The number of benzene rings is 4. The zero-order chi connectivity index (χ0) is 66.9. The summed E-state index contributed by atoms with van der Waals surface area (Å²) in [5, 5.41) is 20.1. The number of aliphatic carboxylic acids is 1. The van der Waals surface area contributed by atoms with Crippen molar-refractivity contribution in [1.82, 2.24) is 5.32 Å². The van der Waals surface area contributed by atoms with Crippen LogP contribution in [0.2, 0.25) is 0 Å². The van der Waals surface area contributed by atoms with Gasteiger partial charge in [0.1, 0.15) is 5.75 Å². The third-order valence-electron chi connectivity index (χ3n) is 12.6. The zero-order valence-electron chi connectivity index (χ0n) is 61.4. The van der Waals surface area contributed by atoms with E-state index < -0.39 is 5.97 Å². The standard InChI is InChI=1S/2C11H16.C10H14O.C10H14.C8H18N2.C8H18.2C7H16.C5H10O2.C3H8/c2*1-9(2)8-11-6-4-10(3)5-7-11;1-8(2)7-9-3-5-10(11)6-4-9;1-9(2)8-10-6-4-3-5-7-10;1-7(2)5-4-6-10-8(3)9;1-4-5-6-7-8(2)3;1-6(2)5-7(3)4;1-5-7(4)6(2)3;1-4(2)3-5(6)7;1-3-2/h2*4-7,9H,8H2,1-3H3;3-6,8,11H,7H2,1-2H3;3-7,9H,8H2,1-2H3;7,10H,3-6,9H2,1-2H3;8H,4-7H2,1-3H3;2*6-7H,5H2,1-4H3;4H,3H2,1-2H3,(H,6,7);3H2,1-2H3. The first-order valence-corrected chi connectivity index (χ1v) is 33.9. The van der Waals surface area contributed by atoms with E-state index in [4.69, 9.17) is 15.9 Å². The molecule has 1 atom stereocenters. The predicted molar refractivity (Wildman–Crippen MR) is 387 cm³/mol. The summed E-state index contributed by atoms with van der Waals surface area (Å²) in [5.74, 6) is 8.66. The molecule has 4 aromatic rings. The molecule has 0 bridgehead atoms. The highest BCUT2D eigenvalue weighted by Crippen LogP contribution is 2.15. The SMILES string of the molecule is C=C(N)NCCCC(C)C.CC(C)CC(=O)O.CC(C)CC(C)C.CC(C)Cc1ccc(O)cc1.CC(C)Cc1ccccc1.CCC.CCC(C)C(C)C.CCCCCC(C)C.Cc1ccc(CC(C)C)cc1.Cc1ccc(CC(C)C)cc1. The Morgan fingerprint density at radius 2 is 0.788 bits per heavy atom. The molecule has 0 aliphatic carbocycles. The summed E-state index contributed by atoms with van der Waals surface area (Å²) in [6.45, 7) is 64.0. The normalized spacial score (nSPS) is 10.6. The lowest BCUT2D eigenvalue weighted by atomic mass is 9.96. The van der Waals surface area contributed by atoms with Gasteiger partial charge >= 0.3 is 5.97 Å². The molecular weight excluding hydrogens is 1040 g/mol. The number of aryl methyl sites for hydroxylation is 2. The number of unbranched alkanes of at least 4 members (excludes halogenated alkanes) is 2. The van der Waals surface area contributed by atoms with Crippen molar-refractivity contribution in [1.29, 1.82) is 0 Å². The molecule has 0 saturated carbocycles. The van der Waals surface area contributed by atoms with Gasteiger partial charge in [-0.2, -0.15) is 0 Å². The first kappa shape index (κ1) is 91.7. The second kappa shape index (κ2) is 62.5. The molecule has 85 heavy (non-hydrogen) atoms. The molecule has 5 N–H and O–H groups in total. The Hall–Kier alpha value is -4.51. The summed E-state index contributed by atoms with van der Waals surface area (Å²) in [6, 6.07) is 35.6. The van der Waals surface area contributed by atoms with Gasteiger partial charge in [-0.3, -0.25) is 4.79 Å². The maximum Gasteiger partial charge on any atom is 0.303 e. The van der Waals surface area contributed by atoms with Crippen molar-refractivity contribution >= 4 is 5.97 Å². The second-order valence-corrected chi connectivity index (χ2v) is 27.7. The fourth-order valence-electron chi connectivity index (χ4n) is 7.91. The average Bonchev–Trinajstić information content (AvgIpc) is 3.41. The number of carbonyl (C=O) groups is 1. The minimum absolute atomic E-state index is 0.275. The molecule has 0 saturated heterocycles. The van der Waals surface area contributed by atoms with Crippen molar-refractivity contribution < 1.29 is 15.0 Å². The molecule has 4 aromatic carbocycles. The molecule has 0 heterocycles. The van der Waals surface area contributed by atoms with Crippen molar-refractivity contribution in [3.63, 3.8) is 0 Å². The quantitative estimate of drug-likeness (QED) is 0.0555. The van der Waals surface area contributed by atoms with Gasteiger partial charge in [-0.25, -0.2) is 0 Å². The minimum Gasteiger partial charge on any atom is -0.508 e. The van der Waals surface area contributed by atoms with Crippen LogP contribution in [0.5, 0.6) is 5.75 Å². The number of phenols is 1. The molecule has 0 aliphatic heterocycles. The fraction of sp³-hybridized carbons (Fsp3) is 0.662. The number of nitrogens with one attached hydrogen (secondary N) is 1. The van der Waals surface area contributed by atoms with Crippen LogP contribution in [-0.4, -0.2) is 22.7 Å². The molecular formula is C80H146N2O3. The number of nitrogens with two attached hydrogens (primary N) is 1. The van der Waals surface area contributed by atoms with Crippen LogP contribution in [0.25, 0.3) is 0 Å². The van der Waals surface area contributed by atoms with Gasteiger partial charge in [-0.1, -0.05) is 320 Å². The van der Waals surface area contributed by atoms with E-state index in [1.165, 1.54) is 110 Å². The summed E-state index contributed by atoms with van der Waals surface area (Å²) in [7, 11) is 0. The van der Waals surface area contributed by atoms with Crippen LogP contribution in [0.1, 0.15) is 271 Å². The second-order valence-electron chi connectivity index (χ2n) is 27.7. The number of hydrogen-bond donors (Lipinski definition) is 4. The Morgan fingerprint density at radius 3 is 1.01 bits per heavy atom. The van der Waals surface area contributed by atoms with Crippen molar-refractivity contribution in [3.05, 3.63) is 149 Å². The van der Waals surface area contributed by atoms with Crippen LogP contribution in [-0.2, 0) is 30.5 Å². The molecule has 0 amide bonds. The summed E-state index contributed by atoms with van der Waals surface area (Å²) in [5.41, 5.74) is 13.6. The van der Waals surface area contributed by atoms with Crippen LogP contribution < -0.4 is 11.1 Å². The Balaban J connectivity index is -0.000000206. The maximum atomic E-state index is 9.81. The number of carboxylic acid groups (broad SMARTS) is 1. The van der Waals surface area contributed by atoms with Crippen LogP contribution >= 0.6 is 0 Å². The van der Waals surface area contributed by atoms with E-state index in [9.17, 15) is 4.79 Å². The molecule has 494 valence electrons. The van der Waals surface area contributed by atoms with Gasteiger partial charge in [0, 0.05) is 13.0 Å². The minimum atomic E-state index is -0.713. The topological polar surface area (TPSA) is 95.6 Å². The third kappa shape index (κ3) is 83.8. The Kier molecular flexibility index (Phi) is 67.4. The molecule has 0 fully saturated rings. The lowest BCUT2D eigenvalue weighted by Crippen LogP contribution is -2.19. The lowest BCUT2D eigenvalue weighted by molar-refractivity contribution is -0.137. The van der Waals surface area contributed by atoms with Gasteiger partial charge in [0.15, 0.2) is 0 Å². The van der Waals surface area contributed by atoms with Crippen LogP contribution in [0.15, 0.2) is 116 Å². The van der Waals surface area contributed by atoms with Gasteiger partial charge in [-0.15, -0.1) is 0 Å². The maximum absolute atomic E-state index is 9.81. The lowest BCUT2D eigenvalue weighted by Gasteiger charge is -2.10. The summed E-state index contributed by atoms with van der Waals surface area (Å²) < 4.78 is 0. The van der Waals surface area contributed by atoms with Gasteiger partial charge in [0.2, 0.25) is 0 Å². The zero-order valence-corrected chi connectivity index (χ0v) is 61.4. The highest BCUT2D eigenvalue weighted by atomic mass is 16.4. The first-order chi connectivity index (χ1) is 39.6. The first-order valence-electron chi connectivity index (χ1n) is 33.9. The molecule has 5 nitrogen and oxygen atoms in total. The highest BCUT2D eigenvalue weighted by molar-refractivity contribution is 5.66. The van der Waals surface area contributed by atoms with E-state index in [-0.39, 0.29) is 12.3 Å². The number of aromatic hydroxyl groups is 1. The Labute approximate surface area is 532 Å². The summed E-state index contributed by atoms with van der Waals surface area (Å²) in [4.78, 5) is 9.81. The molecule has 0 radical (unpaired) electrons. The van der Waals surface area contributed by atoms with Crippen molar-refractivity contribution in [2.75, 3.05) is 6.54 Å². The number of rotatable bonds is 23. The summed E-state index contributed by atoms with van der Waals surface area (Å²) >= 11 is 0. The van der Waals surface area contributed by atoms with Gasteiger partial charge in [0.05, 0.1) is 5.82 Å². The van der Waals surface area contributed by atoms with E-state index in [1.54, 1.807) is 12.1 Å². The fourth-order valence-corrected chi connectivity index (χ4v) is 7.91. The number of carboxylic acids is 1. The Morgan fingerprint density at radius 1 is 0.459 bits per heavy atom. The number of hydrogen-bond acceptors (Lipinski definition) is 4. The number of phenolic OH excluding ortho intramolecular Hbond substituents is 1. The molecule has 0 aromatic heterocycles. The smallest absolute Gasteiger partial charge is 0.303 e. The van der Waals surface area contributed by atoms with E-state index in [0.717, 1.165) is 66.2 Å².